The molecule has 0 bridgehead atoms. The topological polar surface area (TPSA) is 78.8 Å². The summed E-state index contributed by atoms with van der Waals surface area (Å²) < 4.78 is 6.09. The van der Waals surface area contributed by atoms with Crippen molar-refractivity contribution >= 4 is 5.91 Å². The fourth-order valence-corrected chi connectivity index (χ4v) is 3.88. The van der Waals surface area contributed by atoms with Crippen LogP contribution in [0.15, 0.2) is 42.7 Å². The summed E-state index contributed by atoms with van der Waals surface area (Å²) in [4.78, 5) is 24.3. The number of ether oxygens (including phenoxy) is 1. The second kappa shape index (κ2) is 7.85. The maximum Gasteiger partial charge on any atom is 0.239 e. The van der Waals surface area contributed by atoms with Gasteiger partial charge in [-0.2, -0.15) is 0 Å². The molecule has 1 aromatic carbocycles. The SMILES string of the molecule is CC(=O)N1CCC(O)(c2nccnc2OC2CN(Cc3ccccc3)C2)CC1. The number of aromatic nitrogens is 2. The molecule has 28 heavy (non-hydrogen) atoms. The summed E-state index contributed by atoms with van der Waals surface area (Å²) in [6.07, 6.45) is 4.09. The monoisotopic (exact) mass is 382 g/mol. The Kier molecular flexibility index (Phi) is 5.28. The van der Waals surface area contributed by atoms with Gasteiger partial charge in [0.25, 0.3) is 0 Å². The number of carbonyl (C=O) groups is 1. The molecular weight excluding hydrogens is 356 g/mol. The molecule has 0 atom stereocenters. The third-order valence-corrected chi connectivity index (χ3v) is 5.59. The highest BCUT2D eigenvalue weighted by molar-refractivity contribution is 5.73. The molecule has 0 spiro atoms. The first-order valence-electron chi connectivity index (χ1n) is 9.76. The van der Waals surface area contributed by atoms with Crippen molar-refractivity contribution in [3.8, 4) is 5.88 Å². The predicted octanol–water partition coefficient (Wildman–Crippen LogP) is 1.57. The number of piperidine rings is 1. The van der Waals surface area contributed by atoms with Gasteiger partial charge < -0.3 is 14.7 Å². The molecule has 0 aliphatic carbocycles. The van der Waals surface area contributed by atoms with E-state index in [1.807, 2.05) is 18.2 Å². The van der Waals surface area contributed by atoms with Crippen molar-refractivity contribution in [2.24, 2.45) is 0 Å². The van der Waals surface area contributed by atoms with Gasteiger partial charge in [-0.05, 0) is 18.4 Å². The van der Waals surface area contributed by atoms with Crippen LogP contribution < -0.4 is 4.74 Å². The normalized spacial score (nSPS) is 19.9. The zero-order valence-corrected chi connectivity index (χ0v) is 16.1. The molecule has 2 aromatic rings. The Hall–Kier alpha value is -2.51. The Balaban J connectivity index is 1.37. The molecule has 4 rings (SSSR count). The van der Waals surface area contributed by atoms with E-state index in [1.165, 1.54) is 5.56 Å². The smallest absolute Gasteiger partial charge is 0.239 e. The van der Waals surface area contributed by atoms with E-state index in [9.17, 15) is 9.90 Å². The van der Waals surface area contributed by atoms with Gasteiger partial charge in [0.1, 0.15) is 17.4 Å². The molecule has 2 aliphatic heterocycles. The van der Waals surface area contributed by atoms with Gasteiger partial charge in [-0.3, -0.25) is 14.7 Å². The molecule has 7 heteroatoms. The number of likely N-dealkylation sites (tertiary alicyclic amines) is 2. The lowest BCUT2D eigenvalue weighted by Crippen LogP contribution is -2.53. The highest BCUT2D eigenvalue weighted by atomic mass is 16.5. The minimum absolute atomic E-state index is 0.0330. The number of rotatable bonds is 5. The van der Waals surface area contributed by atoms with E-state index < -0.39 is 5.60 Å². The maximum absolute atomic E-state index is 11.6. The molecule has 1 N–H and O–H groups in total. The van der Waals surface area contributed by atoms with Crippen LogP contribution in [0.5, 0.6) is 5.88 Å². The average Bonchev–Trinajstić information content (AvgIpc) is 2.68. The summed E-state index contributed by atoms with van der Waals surface area (Å²) >= 11 is 0. The Morgan fingerprint density at radius 2 is 1.86 bits per heavy atom. The van der Waals surface area contributed by atoms with Crippen LogP contribution in [0, 0.1) is 0 Å². The zero-order valence-electron chi connectivity index (χ0n) is 16.1. The molecule has 2 aliphatic rings. The van der Waals surface area contributed by atoms with Gasteiger partial charge in [-0.1, -0.05) is 30.3 Å². The number of hydrogen-bond acceptors (Lipinski definition) is 6. The van der Waals surface area contributed by atoms with Crippen LogP contribution in [-0.2, 0) is 16.9 Å². The van der Waals surface area contributed by atoms with Gasteiger partial charge in [0.2, 0.25) is 11.8 Å². The van der Waals surface area contributed by atoms with Crippen LogP contribution >= 0.6 is 0 Å². The molecular formula is C21H26N4O3. The highest BCUT2D eigenvalue weighted by Gasteiger charge is 2.40. The molecule has 7 nitrogen and oxygen atoms in total. The van der Waals surface area contributed by atoms with Crippen LogP contribution in [0.4, 0.5) is 0 Å². The van der Waals surface area contributed by atoms with Crippen molar-refractivity contribution in [1.29, 1.82) is 0 Å². The summed E-state index contributed by atoms with van der Waals surface area (Å²) in [6.45, 7) is 5.12. The Morgan fingerprint density at radius 1 is 1.18 bits per heavy atom. The van der Waals surface area contributed by atoms with Crippen molar-refractivity contribution in [1.82, 2.24) is 19.8 Å². The average molecular weight is 382 g/mol. The quantitative estimate of drug-likeness (QED) is 0.846. The minimum Gasteiger partial charge on any atom is -0.470 e. The van der Waals surface area contributed by atoms with Crippen molar-refractivity contribution < 1.29 is 14.6 Å². The lowest BCUT2D eigenvalue weighted by molar-refractivity contribution is -0.133. The van der Waals surface area contributed by atoms with Crippen LogP contribution in [0.25, 0.3) is 0 Å². The second-order valence-electron chi connectivity index (χ2n) is 7.67. The van der Waals surface area contributed by atoms with Gasteiger partial charge in [0, 0.05) is 52.0 Å². The fraction of sp³-hybridized carbons (Fsp3) is 0.476. The van der Waals surface area contributed by atoms with Gasteiger partial charge >= 0.3 is 0 Å². The first-order chi connectivity index (χ1) is 13.5. The van der Waals surface area contributed by atoms with E-state index in [2.05, 4.69) is 27.0 Å². The highest BCUT2D eigenvalue weighted by Crippen LogP contribution is 2.36. The molecule has 148 valence electrons. The number of amides is 1. The van der Waals surface area contributed by atoms with Crippen LogP contribution in [0.3, 0.4) is 0 Å². The number of nitrogens with zero attached hydrogens (tertiary/aromatic N) is 4. The molecule has 1 amide bonds. The van der Waals surface area contributed by atoms with E-state index in [-0.39, 0.29) is 12.0 Å². The van der Waals surface area contributed by atoms with E-state index in [1.54, 1.807) is 24.2 Å². The predicted molar refractivity (Wildman–Crippen MR) is 104 cm³/mol. The van der Waals surface area contributed by atoms with E-state index in [0.29, 0.717) is 37.5 Å². The molecule has 0 unspecified atom stereocenters. The molecule has 0 radical (unpaired) electrons. The van der Waals surface area contributed by atoms with Gasteiger partial charge in [-0.25, -0.2) is 4.98 Å². The number of hydrogen-bond donors (Lipinski definition) is 1. The molecule has 3 heterocycles. The molecule has 2 saturated heterocycles. The van der Waals surface area contributed by atoms with Crippen molar-refractivity contribution in [2.45, 2.75) is 38.0 Å². The van der Waals surface area contributed by atoms with E-state index in [4.69, 9.17) is 4.74 Å². The lowest BCUT2D eigenvalue weighted by atomic mass is 9.88. The third-order valence-electron chi connectivity index (χ3n) is 5.59. The molecule has 2 fully saturated rings. The van der Waals surface area contributed by atoms with Crippen LogP contribution in [-0.4, -0.2) is 63.1 Å². The van der Waals surface area contributed by atoms with E-state index in [0.717, 1.165) is 19.6 Å². The number of aliphatic hydroxyl groups is 1. The second-order valence-corrected chi connectivity index (χ2v) is 7.67. The van der Waals surface area contributed by atoms with Gasteiger partial charge in [0.05, 0.1) is 0 Å². The van der Waals surface area contributed by atoms with Crippen molar-refractivity contribution in [3.05, 3.63) is 54.0 Å². The largest absolute Gasteiger partial charge is 0.470 e. The van der Waals surface area contributed by atoms with Gasteiger partial charge in [-0.15, -0.1) is 0 Å². The third kappa shape index (κ3) is 4.00. The maximum atomic E-state index is 11.6. The standard InChI is InChI=1S/C21H26N4O3/c1-16(26)25-11-7-21(27,8-12-25)19-20(23-10-9-22-19)28-18-14-24(15-18)13-17-5-3-2-4-6-17/h2-6,9-10,18,27H,7-8,11-15H2,1H3. The summed E-state index contributed by atoms with van der Waals surface area (Å²) in [7, 11) is 0. The van der Waals surface area contributed by atoms with Crippen LogP contribution in [0.2, 0.25) is 0 Å². The van der Waals surface area contributed by atoms with Gasteiger partial charge in [0.15, 0.2) is 0 Å². The Morgan fingerprint density at radius 3 is 2.54 bits per heavy atom. The number of carbonyl (C=O) groups excluding carboxylic acids is 1. The summed E-state index contributed by atoms with van der Waals surface area (Å²) in [5, 5.41) is 11.1. The summed E-state index contributed by atoms with van der Waals surface area (Å²) in [5.41, 5.74) is 0.663. The zero-order chi connectivity index (χ0) is 19.6. The summed E-state index contributed by atoms with van der Waals surface area (Å²) in [5.74, 6) is 0.441. The fourth-order valence-electron chi connectivity index (χ4n) is 3.88. The Bertz CT molecular complexity index is 815. The minimum atomic E-state index is -1.11. The van der Waals surface area contributed by atoms with E-state index >= 15 is 0 Å². The summed E-state index contributed by atoms with van der Waals surface area (Å²) in [6, 6.07) is 10.4. The first-order valence-corrected chi connectivity index (χ1v) is 9.76. The Labute approximate surface area is 165 Å². The first kappa shape index (κ1) is 18.8. The molecule has 0 saturated carbocycles. The van der Waals surface area contributed by atoms with Crippen LogP contribution in [0.1, 0.15) is 31.0 Å². The van der Waals surface area contributed by atoms with Crippen molar-refractivity contribution in [3.63, 3.8) is 0 Å². The lowest BCUT2D eigenvalue weighted by Gasteiger charge is -2.40. The number of benzene rings is 1. The molecule has 1 aromatic heterocycles. The van der Waals surface area contributed by atoms with Crippen molar-refractivity contribution in [2.75, 3.05) is 26.2 Å².